The van der Waals surface area contributed by atoms with Gasteiger partial charge in [-0.05, 0) is 30.5 Å². The zero-order chi connectivity index (χ0) is 13.2. The molecule has 1 fully saturated rings. The summed E-state index contributed by atoms with van der Waals surface area (Å²) in [6, 6.07) is 9.09. The number of nitrogens with one attached hydrogen (secondary N) is 1. The number of benzene rings is 1. The van der Waals surface area contributed by atoms with Gasteiger partial charge in [-0.15, -0.1) is 0 Å². The van der Waals surface area contributed by atoms with Crippen LogP contribution in [0.4, 0.5) is 4.39 Å². The van der Waals surface area contributed by atoms with E-state index >= 15 is 0 Å². The molecule has 1 N–H and O–H groups in total. The SMILES string of the molecule is CC(C)(CNCC1(C#N)CC1)c1cccc(F)c1. The summed E-state index contributed by atoms with van der Waals surface area (Å²) in [5, 5.41) is 12.4. The van der Waals surface area contributed by atoms with Gasteiger partial charge in [0.2, 0.25) is 0 Å². The molecule has 0 bridgehead atoms. The molecule has 1 saturated carbocycles. The van der Waals surface area contributed by atoms with E-state index in [2.05, 4.69) is 25.2 Å². The highest BCUT2D eigenvalue weighted by molar-refractivity contribution is 5.25. The lowest BCUT2D eigenvalue weighted by atomic mass is 9.84. The molecule has 1 aromatic rings. The zero-order valence-electron chi connectivity index (χ0n) is 11.0. The fraction of sp³-hybridized carbons (Fsp3) is 0.533. The summed E-state index contributed by atoms with van der Waals surface area (Å²) in [5.74, 6) is -0.198. The number of rotatable bonds is 5. The summed E-state index contributed by atoms with van der Waals surface area (Å²) >= 11 is 0. The Kier molecular flexibility index (Phi) is 3.41. The second-order valence-corrected chi connectivity index (χ2v) is 5.89. The van der Waals surface area contributed by atoms with Gasteiger partial charge in [0.15, 0.2) is 0 Å². The first-order valence-corrected chi connectivity index (χ1v) is 6.36. The molecule has 96 valence electrons. The van der Waals surface area contributed by atoms with E-state index in [1.165, 1.54) is 6.07 Å². The summed E-state index contributed by atoms with van der Waals surface area (Å²) in [6.45, 7) is 5.66. The predicted molar refractivity (Wildman–Crippen MR) is 69.6 cm³/mol. The largest absolute Gasteiger partial charge is 0.314 e. The average molecular weight is 246 g/mol. The second-order valence-electron chi connectivity index (χ2n) is 5.89. The van der Waals surface area contributed by atoms with Crippen LogP contribution in [-0.2, 0) is 5.41 Å². The molecule has 0 heterocycles. The van der Waals surface area contributed by atoms with Crippen LogP contribution in [0.5, 0.6) is 0 Å². The van der Waals surface area contributed by atoms with Gasteiger partial charge in [-0.25, -0.2) is 4.39 Å². The summed E-state index contributed by atoms with van der Waals surface area (Å²) in [7, 11) is 0. The Balaban J connectivity index is 1.93. The molecular formula is C15H19FN2. The zero-order valence-corrected chi connectivity index (χ0v) is 11.0. The molecule has 1 aliphatic carbocycles. The van der Waals surface area contributed by atoms with E-state index in [9.17, 15) is 4.39 Å². The van der Waals surface area contributed by atoms with Gasteiger partial charge >= 0.3 is 0 Å². The van der Waals surface area contributed by atoms with Crippen molar-refractivity contribution in [1.82, 2.24) is 5.32 Å². The number of hydrogen-bond donors (Lipinski definition) is 1. The maximum atomic E-state index is 13.2. The van der Waals surface area contributed by atoms with Crippen molar-refractivity contribution >= 4 is 0 Å². The van der Waals surface area contributed by atoms with E-state index in [0.717, 1.165) is 31.5 Å². The third kappa shape index (κ3) is 2.88. The Hall–Kier alpha value is -1.40. The lowest BCUT2D eigenvalue weighted by Crippen LogP contribution is -2.36. The van der Waals surface area contributed by atoms with Crippen molar-refractivity contribution in [3.8, 4) is 6.07 Å². The average Bonchev–Trinajstić information content (AvgIpc) is 3.09. The van der Waals surface area contributed by atoms with E-state index in [0.29, 0.717) is 0 Å². The molecule has 0 aromatic heterocycles. The highest BCUT2D eigenvalue weighted by atomic mass is 19.1. The quantitative estimate of drug-likeness (QED) is 0.867. The fourth-order valence-corrected chi connectivity index (χ4v) is 2.10. The van der Waals surface area contributed by atoms with Crippen LogP contribution in [0.2, 0.25) is 0 Å². The van der Waals surface area contributed by atoms with Gasteiger partial charge in [0.25, 0.3) is 0 Å². The van der Waals surface area contributed by atoms with E-state index in [4.69, 9.17) is 5.26 Å². The molecule has 2 nitrogen and oxygen atoms in total. The molecule has 0 unspecified atom stereocenters. The normalized spacial score (nSPS) is 17.2. The number of nitriles is 1. The Morgan fingerprint density at radius 2 is 2.17 bits per heavy atom. The molecule has 3 heteroatoms. The molecule has 0 atom stereocenters. The summed E-state index contributed by atoms with van der Waals surface area (Å²) < 4.78 is 13.2. The van der Waals surface area contributed by atoms with Crippen LogP contribution in [0.15, 0.2) is 24.3 Å². The number of halogens is 1. The monoisotopic (exact) mass is 246 g/mol. The van der Waals surface area contributed by atoms with Gasteiger partial charge in [-0.1, -0.05) is 26.0 Å². The van der Waals surface area contributed by atoms with Crippen LogP contribution in [-0.4, -0.2) is 13.1 Å². The van der Waals surface area contributed by atoms with Crippen molar-refractivity contribution in [3.63, 3.8) is 0 Å². The lowest BCUT2D eigenvalue weighted by molar-refractivity contribution is 0.441. The Bertz CT molecular complexity index is 470. The molecule has 2 rings (SSSR count). The second kappa shape index (κ2) is 4.70. The minimum atomic E-state index is -0.198. The summed E-state index contributed by atoms with van der Waals surface area (Å²) in [5.41, 5.74) is 0.725. The van der Waals surface area contributed by atoms with Gasteiger partial charge in [0.1, 0.15) is 5.82 Å². The number of hydrogen-bond acceptors (Lipinski definition) is 2. The van der Waals surface area contributed by atoms with E-state index < -0.39 is 0 Å². The van der Waals surface area contributed by atoms with E-state index in [1.54, 1.807) is 12.1 Å². The van der Waals surface area contributed by atoms with Gasteiger partial charge in [-0.3, -0.25) is 0 Å². The van der Waals surface area contributed by atoms with Gasteiger partial charge in [0, 0.05) is 18.5 Å². The molecule has 0 aliphatic heterocycles. The van der Waals surface area contributed by atoms with Crippen LogP contribution >= 0.6 is 0 Å². The van der Waals surface area contributed by atoms with Crippen molar-refractivity contribution < 1.29 is 4.39 Å². The van der Waals surface area contributed by atoms with Crippen LogP contribution in [0, 0.1) is 22.6 Å². The predicted octanol–water partition coefficient (Wildman–Crippen LogP) is 3.00. The highest BCUT2D eigenvalue weighted by Crippen LogP contribution is 2.44. The van der Waals surface area contributed by atoms with Gasteiger partial charge < -0.3 is 5.32 Å². The van der Waals surface area contributed by atoms with Crippen molar-refractivity contribution in [2.75, 3.05) is 13.1 Å². The van der Waals surface area contributed by atoms with Crippen LogP contribution < -0.4 is 5.32 Å². The molecule has 0 amide bonds. The number of nitrogens with zero attached hydrogens (tertiary/aromatic N) is 1. The van der Waals surface area contributed by atoms with Crippen molar-refractivity contribution in [2.45, 2.75) is 32.1 Å². The van der Waals surface area contributed by atoms with Crippen molar-refractivity contribution in [1.29, 1.82) is 5.26 Å². The van der Waals surface area contributed by atoms with Crippen LogP contribution in [0.1, 0.15) is 32.3 Å². The van der Waals surface area contributed by atoms with Crippen molar-refractivity contribution in [2.24, 2.45) is 5.41 Å². The minimum absolute atomic E-state index is 0.127. The molecule has 0 saturated heterocycles. The molecular weight excluding hydrogens is 227 g/mol. The Morgan fingerprint density at radius 3 is 2.72 bits per heavy atom. The maximum Gasteiger partial charge on any atom is 0.123 e. The van der Waals surface area contributed by atoms with Crippen LogP contribution in [0.3, 0.4) is 0 Å². The fourth-order valence-electron chi connectivity index (χ4n) is 2.10. The van der Waals surface area contributed by atoms with E-state index in [1.807, 2.05) is 6.07 Å². The summed E-state index contributed by atoms with van der Waals surface area (Å²) in [6.07, 6.45) is 1.99. The van der Waals surface area contributed by atoms with Crippen molar-refractivity contribution in [3.05, 3.63) is 35.6 Å². The third-order valence-electron chi connectivity index (χ3n) is 3.73. The Labute approximate surface area is 108 Å². The van der Waals surface area contributed by atoms with Gasteiger partial charge in [-0.2, -0.15) is 5.26 Å². The van der Waals surface area contributed by atoms with Crippen LogP contribution in [0.25, 0.3) is 0 Å². The minimum Gasteiger partial charge on any atom is -0.314 e. The molecule has 1 aromatic carbocycles. The topological polar surface area (TPSA) is 35.8 Å². The first-order valence-electron chi connectivity index (χ1n) is 6.36. The van der Waals surface area contributed by atoms with E-state index in [-0.39, 0.29) is 16.6 Å². The first-order chi connectivity index (χ1) is 8.47. The standard InChI is InChI=1S/C15H19FN2/c1-14(2,12-4-3-5-13(16)8-12)10-18-11-15(9-17)6-7-15/h3-5,8,18H,6-7,10-11H2,1-2H3. The Morgan fingerprint density at radius 1 is 1.44 bits per heavy atom. The highest BCUT2D eigenvalue weighted by Gasteiger charge is 2.42. The molecule has 0 radical (unpaired) electrons. The smallest absolute Gasteiger partial charge is 0.123 e. The first kappa shape index (κ1) is 13.0. The third-order valence-corrected chi connectivity index (χ3v) is 3.73. The van der Waals surface area contributed by atoms with Gasteiger partial charge in [0.05, 0.1) is 11.5 Å². The lowest BCUT2D eigenvalue weighted by Gasteiger charge is -2.26. The maximum absolute atomic E-state index is 13.2. The molecule has 0 spiro atoms. The summed E-state index contributed by atoms with van der Waals surface area (Å²) in [4.78, 5) is 0. The molecule has 1 aliphatic rings. The molecule has 18 heavy (non-hydrogen) atoms.